The maximum absolute atomic E-state index is 11.9. The second kappa shape index (κ2) is 39.1. The van der Waals surface area contributed by atoms with Gasteiger partial charge in [-0.25, -0.2) is 0 Å². The molecular weight excluding hydrogens is 551 g/mol. The third-order valence-electron chi connectivity index (χ3n) is 6.65. The molecule has 0 atom stereocenters. The Morgan fingerprint density at radius 3 is 0.932 bits per heavy atom. The number of allylic oxidation sites excluding steroid dienone is 16. The third kappa shape index (κ3) is 38.1. The fourth-order valence-electron chi connectivity index (χ4n) is 4.08. The molecule has 0 fully saturated rings. The molecule has 242 valence electrons. The molecule has 4 heteroatoms. The Morgan fingerprint density at radius 1 is 0.409 bits per heavy atom. The fraction of sp³-hybridized carbons (Fsp3) is 0.550. The van der Waals surface area contributed by atoms with Gasteiger partial charge in [0.1, 0.15) is 0 Å². The zero-order chi connectivity index (χ0) is 31.3. The van der Waals surface area contributed by atoms with Crippen LogP contribution in [0.1, 0.15) is 144 Å². The van der Waals surface area contributed by atoms with Crippen molar-refractivity contribution in [3.8, 4) is 0 Å². The molecule has 0 aromatic heterocycles. The van der Waals surface area contributed by atoms with Crippen molar-refractivity contribution < 1.29 is 45.3 Å². The smallest absolute Gasteiger partial charge is 1.00 e. The Balaban J connectivity index is -0.00000882. The fourth-order valence-corrected chi connectivity index (χ4v) is 4.08. The summed E-state index contributed by atoms with van der Waals surface area (Å²) in [6, 6.07) is 0. The van der Waals surface area contributed by atoms with E-state index in [1.807, 2.05) is 0 Å². The predicted octanol–water partition coefficient (Wildman–Crippen LogP) is 9.46. The van der Waals surface area contributed by atoms with Crippen molar-refractivity contribution in [3.63, 3.8) is 0 Å². The topological polar surface area (TPSA) is 43.4 Å². The van der Waals surface area contributed by atoms with Crippen LogP contribution in [0, 0.1) is 0 Å². The van der Waals surface area contributed by atoms with Crippen LogP contribution < -0.4 is 29.6 Å². The first-order valence-electron chi connectivity index (χ1n) is 17.1. The number of esters is 2. The third-order valence-corrected chi connectivity index (χ3v) is 6.65. The average Bonchev–Trinajstić information content (AvgIpc) is 3.00. The SMILES string of the molecule is CCCCCC=CCC=CCC=CCC=CCCCC(=O)OC(=O)CCCC=CCC=CCC=CCC=CCCCCC.[H-].[Na+]. The number of ether oxygens (including phenoxy) is 1. The van der Waals surface area contributed by atoms with Gasteiger partial charge in [0.2, 0.25) is 0 Å². The van der Waals surface area contributed by atoms with Crippen LogP contribution in [0.15, 0.2) is 97.2 Å². The molecule has 0 rings (SSSR count). The standard InChI is InChI=1S/C40H62O3.Na.H/c1-3-5-7-9-11-13-15-17-19-21-23-25-27-29-31-33-35-37-39(41)43-40(42)38-36-34-32-30-28-26-24-22-20-18-16-14-12-10-8-6-4-2;;/h11-14,17-20,23-26,29-32H,3-10,15-16,21-22,27-28,33-38H2,1-2H3;;/q;+1;-1. The van der Waals surface area contributed by atoms with E-state index in [-0.39, 0.29) is 43.8 Å². The summed E-state index contributed by atoms with van der Waals surface area (Å²) in [5, 5.41) is 0. The van der Waals surface area contributed by atoms with Crippen molar-refractivity contribution in [2.75, 3.05) is 0 Å². The van der Waals surface area contributed by atoms with Crippen LogP contribution in [0.25, 0.3) is 0 Å². The maximum Gasteiger partial charge on any atom is 1.00 e. The Hall–Kier alpha value is -1.94. The van der Waals surface area contributed by atoms with Gasteiger partial charge in [-0.2, -0.15) is 0 Å². The van der Waals surface area contributed by atoms with Crippen LogP contribution >= 0.6 is 0 Å². The van der Waals surface area contributed by atoms with Crippen LogP contribution in [0.2, 0.25) is 0 Å². The van der Waals surface area contributed by atoms with Crippen molar-refractivity contribution in [2.45, 2.75) is 142 Å². The molecule has 0 aromatic rings. The van der Waals surface area contributed by atoms with E-state index in [1.165, 1.54) is 51.4 Å². The van der Waals surface area contributed by atoms with Gasteiger partial charge in [-0.15, -0.1) is 0 Å². The van der Waals surface area contributed by atoms with Gasteiger partial charge in [-0.3, -0.25) is 9.59 Å². The van der Waals surface area contributed by atoms with E-state index >= 15 is 0 Å². The molecule has 0 bridgehead atoms. The van der Waals surface area contributed by atoms with E-state index in [0.717, 1.165) is 51.4 Å². The quantitative estimate of drug-likeness (QED) is 0.0290. The minimum Gasteiger partial charge on any atom is -1.00 e. The summed E-state index contributed by atoms with van der Waals surface area (Å²) in [6.45, 7) is 4.47. The molecule has 0 aliphatic carbocycles. The minimum atomic E-state index is -0.418. The molecule has 0 spiro atoms. The maximum atomic E-state index is 11.9. The predicted molar refractivity (Wildman–Crippen MR) is 189 cm³/mol. The number of hydrogen-bond acceptors (Lipinski definition) is 3. The zero-order valence-corrected chi connectivity index (χ0v) is 30.6. The molecule has 0 aromatic carbocycles. The number of carbonyl (C=O) groups excluding carboxylic acids is 2. The first kappa shape index (κ1) is 44.2. The van der Waals surface area contributed by atoms with Gasteiger partial charge in [0.25, 0.3) is 0 Å². The second-order valence-corrected chi connectivity index (χ2v) is 10.8. The molecule has 0 amide bonds. The summed E-state index contributed by atoms with van der Waals surface area (Å²) in [5.74, 6) is -0.836. The van der Waals surface area contributed by atoms with Crippen LogP contribution in [0.4, 0.5) is 0 Å². The first-order chi connectivity index (χ1) is 21.2. The molecule has 0 radical (unpaired) electrons. The van der Waals surface area contributed by atoms with Crippen LogP contribution in [0.3, 0.4) is 0 Å². The van der Waals surface area contributed by atoms with Gasteiger partial charge in [0.05, 0.1) is 0 Å². The summed E-state index contributed by atoms with van der Waals surface area (Å²) in [6.07, 6.45) is 54.5. The van der Waals surface area contributed by atoms with Crippen molar-refractivity contribution >= 4 is 11.9 Å². The van der Waals surface area contributed by atoms with Crippen LogP contribution in [-0.4, -0.2) is 11.9 Å². The molecule has 0 aliphatic rings. The Kier molecular flexibility index (Phi) is 39.2. The molecule has 0 saturated carbocycles. The van der Waals surface area contributed by atoms with Gasteiger partial charge in [0.15, 0.2) is 0 Å². The van der Waals surface area contributed by atoms with Gasteiger partial charge < -0.3 is 6.16 Å². The Morgan fingerprint density at radius 2 is 0.659 bits per heavy atom. The number of hydrogen-bond donors (Lipinski definition) is 0. The summed E-state index contributed by atoms with van der Waals surface area (Å²) in [5.41, 5.74) is 0. The monoisotopic (exact) mass is 614 g/mol. The Bertz CT molecular complexity index is 821. The van der Waals surface area contributed by atoms with Crippen LogP contribution in [-0.2, 0) is 14.3 Å². The Labute approximate surface area is 295 Å². The van der Waals surface area contributed by atoms with Crippen molar-refractivity contribution in [1.82, 2.24) is 0 Å². The summed E-state index contributed by atoms with van der Waals surface area (Å²) < 4.78 is 4.94. The normalized spacial score (nSPS) is 12.5. The minimum absolute atomic E-state index is 0. The van der Waals surface area contributed by atoms with E-state index in [9.17, 15) is 9.59 Å². The molecule has 0 N–H and O–H groups in total. The largest absolute Gasteiger partial charge is 1.00 e. The summed E-state index contributed by atoms with van der Waals surface area (Å²) in [4.78, 5) is 23.8. The average molecular weight is 615 g/mol. The van der Waals surface area contributed by atoms with Crippen molar-refractivity contribution in [1.29, 1.82) is 0 Å². The van der Waals surface area contributed by atoms with E-state index in [1.54, 1.807) is 0 Å². The molecule has 0 aliphatic heterocycles. The summed E-state index contributed by atoms with van der Waals surface area (Å²) in [7, 11) is 0. The molecule has 3 nitrogen and oxygen atoms in total. The van der Waals surface area contributed by atoms with E-state index in [2.05, 4.69) is 111 Å². The van der Waals surface area contributed by atoms with Gasteiger partial charge in [-0.1, -0.05) is 137 Å². The molecule has 0 unspecified atom stereocenters. The zero-order valence-electron chi connectivity index (χ0n) is 29.6. The van der Waals surface area contributed by atoms with Crippen molar-refractivity contribution in [3.05, 3.63) is 97.2 Å². The molecule has 0 heterocycles. The van der Waals surface area contributed by atoms with Crippen molar-refractivity contribution in [2.24, 2.45) is 0 Å². The van der Waals surface area contributed by atoms with E-state index in [4.69, 9.17) is 4.74 Å². The van der Waals surface area contributed by atoms with Crippen LogP contribution in [0.5, 0.6) is 0 Å². The summed E-state index contributed by atoms with van der Waals surface area (Å²) >= 11 is 0. The van der Waals surface area contributed by atoms with E-state index in [0.29, 0.717) is 12.8 Å². The number of carbonyl (C=O) groups is 2. The second-order valence-electron chi connectivity index (χ2n) is 10.8. The van der Waals surface area contributed by atoms with Gasteiger partial charge in [-0.05, 0) is 89.9 Å². The molecule has 0 saturated heterocycles. The molecular formula is C40H63NaO3. The number of unbranched alkanes of at least 4 members (excludes halogenated alkanes) is 8. The van der Waals surface area contributed by atoms with Gasteiger partial charge in [0, 0.05) is 12.8 Å². The van der Waals surface area contributed by atoms with Gasteiger partial charge >= 0.3 is 41.5 Å². The van der Waals surface area contributed by atoms with E-state index < -0.39 is 11.9 Å². The number of rotatable bonds is 28. The first-order valence-corrected chi connectivity index (χ1v) is 17.1. The molecule has 44 heavy (non-hydrogen) atoms.